The zero-order valence-electron chi connectivity index (χ0n) is 16.1. The highest BCUT2D eigenvalue weighted by molar-refractivity contribution is 5.96. The summed E-state index contributed by atoms with van der Waals surface area (Å²) in [4.78, 5) is 19.0. The Hall–Kier alpha value is -3.54. The van der Waals surface area contributed by atoms with Crippen molar-refractivity contribution < 1.29 is 13.6 Å². The van der Waals surface area contributed by atoms with E-state index in [4.69, 9.17) is 4.98 Å². The van der Waals surface area contributed by atoms with Crippen molar-refractivity contribution in [2.75, 3.05) is 11.4 Å². The maximum Gasteiger partial charge on any atom is 0.227 e. The highest BCUT2D eigenvalue weighted by atomic mass is 19.1. The summed E-state index contributed by atoms with van der Waals surface area (Å²) in [5.41, 5.74) is 3.03. The van der Waals surface area contributed by atoms with Crippen LogP contribution in [-0.4, -0.2) is 22.0 Å². The van der Waals surface area contributed by atoms with Gasteiger partial charge in [-0.1, -0.05) is 36.4 Å². The van der Waals surface area contributed by atoms with E-state index in [1.165, 1.54) is 23.1 Å². The summed E-state index contributed by atoms with van der Waals surface area (Å²) >= 11 is 0. The molecule has 6 heteroatoms. The van der Waals surface area contributed by atoms with E-state index in [0.717, 1.165) is 22.4 Å². The highest BCUT2D eigenvalue weighted by Crippen LogP contribution is 2.34. The van der Waals surface area contributed by atoms with E-state index in [-0.39, 0.29) is 24.1 Å². The van der Waals surface area contributed by atoms with Gasteiger partial charge in [0.05, 0.1) is 16.7 Å². The Balaban J connectivity index is 1.53. The fraction of sp³-hybridized carbons (Fsp3) is 0.167. The molecule has 0 bridgehead atoms. The van der Waals surface area contributed by atoms with Crippen molar-refractivity contribution in [3.8, 4) is 0 Å². The molecule has 1 aliphatic rings. The third-order valence-corrected chi connectivity index (χ3v) is 5.57. The lowest BCUT2D eigenvalue weighted by Gasteiger charge is -2.18. The second kappa shape index (κ2) is 7.37. The summed E-state index contributed by atoms with van der Waals surface area (Å²) < 4.78 is 29.7. The molecule has 1 amide bonds. The molecule has 150 valence electrons. The standard InChI is InChI=1S/C24H19F2N3O/c25-18-11-9-16(10-12-18)14-29-22-8-4-2-6-20(22)27-24(29)17-13-23(30)28(15-17)21-7-3-1-5-19(21)26/h1-12,17H,13-15H2/t17-/m1/s1. The zero-order chi connectivity index (χ0) is 20.7. The van der Waals surface area contributed by atoms with E-state index in [1.54, 1.807) is 30.3 Å². The van der Waals surface area contributed by atoms with Crippen molar-refractivity contribution in [3.63, 3.8) is 0 Å². The first-order chi connectivity index (χ1) is 14.6. The van der Waals surface area contributed by atoms with Gasteiger partial charge in [0.1, 0.15) is 17.5 Å². The molecule has 0 N–H and O–H groups in total. The molecule has 0 aliphatic carbocycles. The fourth-order valence-electron chi connectivity index (χ4n) is 4.13. The van der Waals surface area contributed by atoms with E-state index in [9.17, 15) is 13.6 Å². The maximum atomic E-state index is 14.3. The van der Waals surface area contributed by atoms with Gasteiger partial charge in [-0.3, -0.25) is 4.79 Å². The Morgan fingerprint density at radius 3 is 2.47 bits per heavy atom. The average Bonchev–Trinajstić information content (AvgIpc) is 3.31. The normalized spacial score (nSPS) is 16.5. The van der Waals surface area contributed by atoms with Crippen molar-refractivity contribution in [2.24, 2.45) is 0 Å². The van der Waals surface area contributed by atoms with Crippen LogP contribution in [0.4, 0.5) is 14.5 Å². The zero-order valence-corrected chi connectivity index (χ0v) is 16.1. The SMILES string of the molecule is O=C1C[C@@H](c2nc3ccccc3n2Cc2ccc(F)cc2)CN1c1ccccc1F. The van der Waals surface area contributed by atoms with Crippen LogP contribution in [0.15, 0.2) is 72.8 Å². The minimum atomic E-state index is -0.411. The quantitative estimate of drug-likeness (QED) is 0.487. The Labute approximate surface area is 172 Å². The molecule has 1 saturated heterocycles. The summed E-state index contributed by atoms with van der Waals surface area (Å²) in [6.07, 6.45) is 0.265. The van der Waals surface area contributed by atoms with Gasteiger partial charge < -0.3 is 9.47 Å². The van der Waals surface area contributed by atoms with Crippen LogP contribution in [0.2, 0.25) is 0 Å². The van der Waals surface area contributed by atoms with Crippen LogP contribution in [0.25, 0.3) is 11.0 Å². The number of amides is 1. The lowest BCUT2D eigenvalue weighted by atomic mass is 10.1. The molecule has 1 atom stereocenters. The topological polar surface area (TPSA) is 38.1 Å². The van der Waals surface area contributed by atoms with Gasteiger partial charge in [0, 0.05) is 25.4 Å². The van der Waals surface area contributed by atoms with Crippen molar-refractivity contribution in [1.29, 1.82) is 0 Å². The number of hydrogen-bond donors (Lipinski definition) is 0. The molecule has 0 saturated carbocycles. The molecular weight excluding hydrogens is 384 g/mol. The maximum absolute atomic E-state index is 14.3. The van der Waals surface area contributed by atoms with E-state index >= 15 is 0 Å². The van der Waals surface area contributed by atoms with Gasteiger partial charge in [-0.25, -0.2) is 13.8 Å². The van der Waals surface area contributed by atoms with Crippen LogP contribution in [0.5, 0.6) is 0 Å². The molecule has 5 rings (SSSR count). The molecule has 4 nitrogen and oxygen atoms in total. The lowest BCUT2D eigenvalue weighted by molar-refractivity contribution is -0.117. The molecule has 1 fully saturated rings. The summed E-state index contributed by atoms with van der Waals surface area (Å²) in [5, 5.41) is 0. The van der Waals surface area contributed by atoms with Gasteiger partial charge in [0.15, 0.2) is 0 Å². The third-order valence-electron chi connectivity index (χ3n) is 5.57. The first-order valence-electron chi connectivity index (χ1n) is 9.84. The number of imidazole rings is 1. The van der Waals surface area contributed by atoms with Crippen molar-refractivity contribution in [3.05, 3.63) is 95.8 Å². The van der Waals surface area contributed by atoms with E-state index < -0.39 is 5.82 Å². The monoisotopic (exact) mass is 403 g/mol. The average molecular weight is 403 g/mol. The number of aromatic nitrogens is 2. The number of hydrogen-bond acceptors (Lipinski definition) is 2. The molecule has 2 heterocycles. The number of para-hydroxylation sites is 3. The second-order valence-corrected chi connectivity index (χ2v) is 7.53. The molecule has 30 heavy (non-hydrogen) atoms. The molecule has 4 aromatic rings. The van der Waals surface area contributed by atoms with Gasteiger partial charge in [-0.15, -0.1) is 0 Å². The third kappa shape index (κ3) is 3.24. The molecule has 0 spiro atoms. The number of nitrogens with zero attached hydrogens (tertiary/aromatic N) is 3. The Morgan fingerprint density at radius 1 is 0.933 bits per heavy atom. The van der Waals surface area contributed by atoms with Crippen LogP contribution in [0.3, 0.4) is 0 Å². The van der Waals surface area contributed by atoms with Gasteiger partial charge >= 0.3 is 0 Å². The van der Waals surface area contributed by atoms with Gasteiger partial charge in [-0.2, -0.15) is 0 Å². The van der Waals surface area contributed by atoms with E-state index in [0.29, 0.717) is 18.8 Å². The number of fused-ring (bicyclic) bond motifs is 1. The van der Waals surface area contributed by atoms with Crippen molar-refractivity contribution in [2.45, 2.75) is 18.9 Å². The molecule has 1 aliphatic heterocycles. The first-order valence-corrected chi connectivity index (χ1v) is 9.84. The number of carbonyl (C=O) groups excluding carboxylic acids is 1. The minimum Gasteiger partial charge on any atom is -0.323 e. The molecular formula is C24H19F2N3O. The van der Waals surface area contributed by atoms with Crippen LogP contribution in [-0.2, 0) is 11.3 Å². The Kier molecular flexibility index (Phi) is 4.54. The Morgan fingerprint density at radius 2 is 1.67 bits per heavy atom. The molecule has 0 radical (unpaired) electrons. The molecule has 3 aromatic carbocycles. The number of rotatable bonds is 4. The Bertz CT molecular complexity index is 1230. The predicted octanol–water partition coefficient (Wildman–Crippen LogP) is 4.88. The minimum absolute atomic E-state index is 0.120. The number of halogens is 2. The van der Waals surface area contributed by atoms with Gasteiger partial charge in [0.2, 0.25) is 5.91 Å². The number of benzene rings is 3. The summed E-state index contributed by atoms with van der Waals surface area (Å²) in [6, 6.07) is 20.5. The first kappa shape index (κ1) is 18.5. The smallest absolute Gasteiger partial charge is 0.227 e. The number of carbonyl (C=O) groups is 1. The molecule has 1 aromatic heterocycles. The summed E-state index contributed by atoms with van der Waals surface area (Å²) in [6.45, 7) is 0.882. The largest absolute Gasteiger partial charge is 0.323 e. The van der Waals surface area contributed by atoms with E-state index in [2.05, 4.69) is 4.57 Å². The van der Waals surface area contributed by atoms with Crippen LogP contribution in [0.1, 0.15) is 23.7 Å². The predicted molar refractivity (Wildman–Crippen MR) is 111 cm³/mol. The van der Waals surface area contributed by atoms with E-state index in [1.807, 2.05) is 24.3 Å². The fourth-order valence-corrected chi connectivity index (χ4v) is 4.13. The molecule has 0 unspecified atom stereocenters. The number of anilines is 1. The highest BCUT2D eigenvalue weighted by Gasteiger charge is 2.35. The van der Waals surface area contributed by atoms with Gasteiger partial charge in [-0.05, 0) is 42.0 Å². The van der Waals surface area contributed by atoms with Crippen LogP contribution >= 0.6 is 0 Å². The lowest BCUT2D eigenvalue weighted by Crippen LogP contribution is -2.25. The summed E-state index contributed by atoms with van der Waals surface area (Å²) in [5.74, 6) is -0.189. The van der Waals surface area contributed by atoms with Gasteiger partial charge in [0.25, 0.3) is 0 Å². The van der Waals surface area contributed by atoms with Crippen molar-refractivity contribution >= 4 is 22.6 Å². The van der Waals surface area contributed by atoms with Crippen LogP contribution < -0.4 is 4.90 Å². The summed E-state index contributed by atoms with van der Waals surface area (Å²) in [7, 11) is 0. The van der Waals surface area contributed by atoms with Crippen LogP contribution in [0, 0.1) is 11.6 Å². The second-order valence-electron chi connectivity index (χ2n) is 7.53. The van der Waals surface area contributed by atoms with Crippen molar-refractivity contribution in [1.82, 2.24) is 9.55 Å².